The molecule has 2 heterocycles. The van der Waals surface area contributed by atoms with E-state index in [4.69, 9.17) is 21.1 Å². The Labute approximate surface area is 256 Å². The molecule has 1 unspecified atom stereocenters. The average Bonchev–Trinajstić information content (AvgIpc) is 3.28. The normalized spacial score (nSPS) is 18.8. The first-order chi connectivity index (χ1) is 20.3. The summed E-state index contributed by atoms with van der Waals surface area (Å²) in [7, 11) is -2.21. The van der Waals surface area contributed by atoms with Crippen LogP contribution in [-0.2, 0) is 16.6 Å². The van der Waals surface area contributed by atoms with E-state index in [1.807, 2.05) is 6.92 Å². The lowest BCUT2D eigenvalue weighted by atomic mass is 9.96. The van der Waals surface area contributed by atoms with Gasteiger partial charge in [-0.05, 0) is 57.6 Å². The van der Waals surface area contributed by atoms with E-state index in [2.05, 4.69) is 30.7 Å². The maximum Gasteiger partial charge on any atom is 0.271 e. The Hall–Kier alpha value is -3.22. The van der Waals surface area contributed by atoms with Crippen LogP contribution in [0.1, 0.15) is 39.7 Å². The second-order valence-electron chi connectivity index (χ2n) is 10.7. The Morgan fingerprint density at radius 3 is 2.40 bits per heavy atom. The molecule has 0 N–H and O–H groups in total. The third-order valence-corrected chi connectivity index (χ3v) is 10.2. The van der Waals surface area contributed by atoms with Crippen LogP contribution in [0.2, 0.25) is 5.02 Å². The number of sulfonamides is 1. The molecule has 1 aromatic heterocycles. The van der Waals surface area contributed by atoms with Gasteiger partial charge in [0.2, 0.25) is 5.95 Å². The summed E-state index contributed by atoms with van der Waals surface area (Å²) < 4.78 is 85.5. The summed E-state index contributed by atoms with van der Waals surface area (Å²) in [6.07, 6.45) is 0.719. The smallest absolute Gasteiger partial charge is 0.271 e. The predicted octanol–water partition coefficient (Wildman–Crippen LogP) is 6.26. The zero-order chi connectivity index (χ0) is 31.7. The van der Waals surface area contributed by atoms with Gasteiger partial charge < -0.3 is 14.4 Å². The van der Waals surface area contributed by atoms with Crippen LogP contribution in [0.25, 0.3) is 0 Å². The molecule has 1 saturated heterocycles. The molecule has 1 aliphatic heterocycles. The zero-order valence-corrected chi connectivity index (χ0v) is 26.6. The van der Waals surface area contributed by atoms with E-state index in [9.17, 15) is 12.8 Å². The molecule has 0 saturated carbocycles. The van der Waals surface area contributed by atoms with Gasteiger partial charge in [0.1, 0.15) is 28.2 Å². The first-order valence-corrected chi connectivity index (χ1v) is 15.7. The van der Waals surface area contributed by atoms with Gasteiger partial charge in [-0.3, -0.25) is 4.90 Å². The highest BCUT2D eigenvalue weighted by Crippen LogP contribution is 2.42. The minimum absolute atomic E-state index is 0.0613. The number of benzene rings is 2. The van der Waals surface area contributed by atoms with Gasteiger partial charge in [0.05, 0.1) is 26.5 Å². The number of anilines is 2. The molecule has 0 aliphatic carbocycles. The molecule has 1 fully saturated rings. The van der Waals surface area contributed by atoms with E-state index in [-0.39, 0.29) is 28.8 Å². The van der Waals surface area contributed by atoms with E-state index >= 15 is 8.78 Å². The molecule has 0 amide bonds. The number of halogens is 4. The van der Waals surface area contributed by atoms with Gasteiger partial charge in [0, 0.05) is 35.8 Å². The number of hydrogen-bond acceptors (Lipinski definition) is 7. The number of hydrogen-bond donors (Lipinski definition) is 0. The lowest BCUT2D eigenvalue weighted by molar-refractivity contribution is 0.135. The van der Waals surface area contributed by atoms with Crippen LogP contribution in [0.15, 0.2) is 47.4 Å². The fraction of sp³-hybridized carbons (Fsp3) is 0.433. The molecular formula is C30H36ClF3N4O4S. The SMILES string of the molecule is CCN(CC)[C@@]1(C)CC(C)N(c2cc(F)c(S(=O)(=O)N(Cc3ccc(OC)cc3OC)c3cccc(F)n3)c(F)c2Cl)C1. The first kappa shape index (κ1) is 32.7. The van der Waals surface area contributed by atoms with Crippen LogP contribution in [0.4, 0.5) is 24.7 Å². The number of rotatable bonds is 11. The highest BCUT2D eigenvalue weighted by molar-refractivity contribution is 7.92. The molecule has 0 spiro atoms. The van der Waals surface area contributed by atoms with E-state index in [0.29, 0.717) is 22.2 Å². The summed E-state index contributed by atoms with van der Waals surface area (Å²) in [5.74, 6) is -3.46. The molecule has 4 rings (SSSR count). The van der Waals surface area contributed by atoms with Gasteiger partial charge in [0.15, 0.2) is 10.7 Å². The van der Waals surface area contributed by atoms with Crippen LogP contribution in [0, 0.1) is 17.6 Å². The van der Waals surface area contributed by atoms with Crippen molar-refractivity contribution in [1.29, 1.82) is 0 Å². The Morgan fingerprint density at radius 1 is 1.09 bits per heavy atom. The number of ether oxygens (including phenoxy) is 2. The Morgan fingerprint density at radius 2 is 1.79 bits per heavy atom. The van der Waals surface area contributed by atoms with Crippen molar-refractivity contribution in [3.63, 3.8) is 0 Å². The molecule has 0 bridgehead atoms. The maximum absolute atomic E-state index is 16.1. The minimum Gasteiger partial charge on any atom is -0.497 e. The van der Waals surface area contributed by atoms with Gasteiger partial charge in [-0.25, -0.2) is 26.5 Å². The average molecular weight is 641 g/mol. The summed E-state index contributed by atoms with van der Waals surface area (Å²) >= 11 is 6.49. The number of pyridine rings is 1. The Kier molecular flexibility index (Phi) is 9.72. The molecule has 13 heteroatoms. The van der Waals surface area contributed by atoms with Crippen molar-refractivity contribution in [2.24, 2.45) is 0 Å². The second-order valence-corrected chi connectivity index (χ2v) is 12.9. The van der Waals surface area contributed by atoms with Gasteiger partial charge in [0.25, 0.3) is 10.0 Å². The topological polar surface area (TPSA) is 75.2 Å². The summed E-state index contributed by atoms with van der Waals surface area (Å²) in [5.41, 5.74) is 0.0932. The minimum atomic E-state index is -5.04. The first-order valence-electron chi connectivity index (χ1n) is 13.9. The zero-order valence-electron chi connectivity index (χ0n) is 25.0. The van der Waals surface area contributed by atoms with Crippen molar-refractivity contribution in [3.8, 4) is 11.5 Å². The number of nitrogens with zero attached hydrogens (tertiary/aromatic N) is 4. The number of methoxy groups -OCH3 is 2. The molecule has 2 aromatic carbocycles. The third kappa shape index (κ3) is 6.23. The van der Waals surface area contributed by atoms with Gasteiger partial charge in [-0.1, -0.05) is 31.5 Å². The second kappa shape index (κ2) is 12.8. The fourth-order valence-electron chi connectivity index (χ4n) is 5.96. The summed E-state index contributed by atoms with van der Waals surface area (Å²) in [5, 5.41) is -0.523. The quantitative estimate of drug-likeness (QED) is 0.181. The van der Waals surface area contributed by atoms with Gasteiger partial charge in [-0.15, -0.1) is 0 Å². The van der Waals surface area contributed by atoms with Crippen molar-refractivity contribution in [1.82, 2.24) is 9.88 Å². The van der Waals surface area contributed by atoms with E-state index < -0.39 is 44.1 Å². The largest absolute Gasteiger partial charge is 0.497 e. The van der Waals surface area contributed by atoms with Crippen molar-refractivity contribution >= 4 is 33.1 Å². The molecule has 2 atom stereocenters. The Balaban J connectivity index is 1.82. The van der Waals surface area contributed by atoms with Crippen LogP contribution >= 0.6 is 11.6 Å². The van der Waals surface area contributed by atoms with E-state index in [1.54, 1.807) is 11.0 Å². The third-order valence-electron chi connectivity index (χ3n) is 8.02. The van der Waals surface area contributed by atoms with Gasteiger partial charge >= 0.3 is 0 Å². The van der Waals surface area contributed by atoms with E-state index in [1.165, 1.54) is 38.5 Å². The predicted molar refractivity (Wildman–Crippen MR) is 161 cm³/mol. The van der Waals surface area contributed by atoms with Crippen LogP contribution in [0.5, 0.6) is 11.5 Å². The summed E-state index contributed by atoms with van der Waals surface area (Å²) in [4.78, 5) is 6.51. The maximum atomic E-state index is 16.1. The standard InChI is InChI=1S/C30H36ClF3N4O4S/c1-7-36(8-2)30(4)16-19(3)37(18-30)23-15-22(32)29(28(34)27(23)31)43(39,40)38(26-11-9-10-25(33)35-26)17-20-12-13-21(41-5)14-24(20)42-6/h9-15,19H,7-8,16-18H2,1-6H3/t19?,30-/m0/s1. The van der Waals surface area contributed by atoms with Crippen molar-refractivity contribution < 1.29 is 31.1 Å². The highest BCUT2D eigenvalue weighted by atomic mass is 35.5. The molecular weight excluding hydrogens is 605 g/mol. The fourth-order valence-corrected chi connectivity index (χ4v) is 7.78. The van der Waals surface area contributed by atoms with Crippen molar-refractivity contribution in [2.45, 2.75) is 57.1 Å². The number of aromatic nitrogens is 1. The van der Waals surface area contributed by atoms with Crippen LogP contribution in [-0.4, -0.2) is 63.7 Å². The van der Waals surface area contributed by atoms with Gasteiger partial charge in [-0.2, -0.15) is 4.39 Å². The number of likely N-dealkylation sites (N-methyl/N-ethyl adjacent to an activating group) is 1. The molecule has 1 aliphatic rings. The molecule has 234 valence electrons. The molecule has 3 aromatic rings. The van der Waals surface area contributed by atoms with Crippen LogP contribution in [0.3, 0.4) is 0 Å². The van der Waals surface area contributed by atoms with Crippen molar-refractivity contribution in [3.05, 3.63) is 70.6 Å². The lowest BCUT2D eigenvalue weighted by Gasteiger charge is -2.37. The lowest BCUT2D eigenvalue weighted by Crippen LogP contribution is -2.48. The summed E-state index contributed by atoms with van der Waals surface area (Å²) in [6, 6.07) is 8.95. The monoisotopic (exact) mass is 640 g/mol. The highest BCUT2D eigenvalue weighted by Gasteiger charge is 2.44. The van der Waals surface area contributed by atoms with E-state index in [0.717, 1.165) is 31.6 Å². The molecule has 8 nitrogen and oxygen atoms in total. The Bertz CT molecular complexity index is 1590. The summed E-state index contributed by atoms with van der Waals surface area (Å²) in [6.45, 7) is 9.67. The van der Waals surface area contributed by atoms with Crippen LogP contribution < -0.4 is 18.7 Å². The molecule has 43 heavy (non-hydrogen) atoms. The molecule has 0 radical (unpaired) electrons. The van der Waals surface area contributed by atoms with Crippen molar-refractivity contribution in [2.75, 3.05) is 43.1 Å².